The number of hydrogen-bond acceptors (Lipinski definition) is 7. The highest BCUT2D eigenvalue weighted by Gasteiger charge is 2.28. The van der Waals surface area contributed by atoms with Crippen molar-refractivity contribution in [3.8, 4) is 0 Å². The van der Waals surface area contributed by atoms with Crippen LogP contribution in [-0.4, -0.2) is 59.1 Å². The van der Waals surface area contributed by atoms with Crippen LogP contribution in [0.4, 0.5) is 26.6 Å². The Kier molecular flexibility index (Phi) is 7.99. The van der Waals surface area contributed by atoms with Crippen LogP contribution < -0.4 is 15.5 Å². The zero-order valence-corrected chi connectivity index (χ0v) is 19.5. The van der Waals surface area contributed by atoms with Gasteiger partial charge in [-0.05, 0) is 35.4 Å². The number of anilines is 3. The summed E-state index contributed by atoms with van der Waals surface area (Å²) in [6, 6.07) is 12.9. The molecule has 1 saturated heterocycles. The van der Waals surface area contributed by atoms with E-state index in [4.69, 9.17) is 0 Å². The summed E-state index contributed by atoms with van der Waals surface area (Å²) in [7, 11) is 0. The number of halogens is 2. The molecule has 2 aromatic carbocycles. The number of hydrogen-bond donors (Lipinski definition) is 2. The Balaban J connectivity index is 1.54. The summed E-state index contributed by atoms with van der Waals surface area (Å²) in [6.07, 6.45) is 3.48. The van der Waals surface area contributed by atoms with Gasteiger partial charge in [-0.1, -0.05) is 36.4 Å². The smallest absolute Gasteiger partial charge is 0.232 e. The minimum atomic E-state index is -0.284. The van der Waals surface area contributed by atoms with Crippen LogP contribution in [0.5, 0.6) is 0 Å². The third kappa shape index (κ3) is 6.19. The summed E-state index contributed by atoms with van der Waals surface area (Å²) < 4.78 is 27.2. The summed E-state index contributed by atoms with van der Waals surface area (Å²) >= 11 is 0. The Morgan fingerprint density at radius 3 is 1.63 bits per heavy atom. The van der Waals surface area contributed by atoms with E-state index in [9.17, 15) is 8.78 Å². The molecule has 0 atom stereocenters. The van der Waals surface area contributed by atoms with Gasteiger partial charge in [0, 0.05) is 39.3 Å². The van der Waals surface area contributed by atoms with Crippen LogP contribution in [-0.2, 0) is 0 Å². The van der Waals surface area contributed by atoms with Gasteiger partial charge in [0.1, 0.15) is 11.6 Å². The highest BCUT2D eigenvalue weighted by molar-refractivity contribution is 5.45. The van der Waals surface area contributed by atoms with Crippen LogP contribution in [0, 0.1) is 11.6 Å². The van der Waals surface area contributed by atoms with Gasteiger partial charge in [-0.2, -0.15) is 15.0 Å². The Bertz CT molecular complexity index is 1050. The molecule has 0 aliphatic carbocycles. The van der Waals surface area contributed by atoms with Gasteiger partial charge in [-0.25, -0.2) is 8.78 Å². The number of benzene rings is 2. The van der Waals surface area contributed by atoms with Crippen LogP contribution in [0.1, 0.15) is 17.2 Å². The van der Waals surface area contributed by atoms with Gasteiger partial charge >= 0.3 is 0 Å². The van der Waals surface area contributed by atoms with Crippen molar-refractivity contribution in [2.75, 3.05) is 54.8 Å². The molecular weight excluding hydrogens is 450 g/mol. The van der Waals surface area contributed by atoms with Crippen molar-refractivity contribution < 1.29 is 8.78 Å². The molecule has 7 nitrogen and oxygen atoms in total. The molecule has 0 amide bonds. The van der Waals surface area contributed by atoms with E-state index < -0.39 is 0 Å². The maximum Gasteiger partial charge on any atom is 0.232 e. The highest BCUT2D eigenvalue weighted by Crippen LogP contribution is 2.30. The second kappa shape index (κ2) is 11.5. The summed E-state index contributed by atoms with van der Waals surface area (Å²) in [4.78, 5) is 18.0. The van der Waals surface area contributed by atoms with Crippen molar-refractivity contribution >= 4 is 17.8 Å². The standard InChI is InChI=1S/C26H29F2N7/c1-3-13-29-24-31-25(30-14-4-2)33-26(32-24)35-17-15-34(16-18-35)23(19-5-9-21(27)10-6-19)20-7-11-22(28)12-8-20/h3-12,23H,1-2,13-18H2,(H2,29,30,31,32,33)/i26+1,35+1. The lowest BCUT2D eigenvalue weighted by Gasteiger charge is -2.39. The minimum absolute atomic E-state index is 0.119. The number of nitrogens with one attached hydrogen (secondary N) is 2. The molecule has 0 spiro atoms. The fourth-order valence-corrected chi connectivity index (χ4v) is 4.08. The van der Waals surface area contributed by atoms with E-state index in [1.54, 1.807) is 36.4 Å². The largest absolute Gasteiger partial charge is 0.351 e. The summed E-state index contributed by atoms with van der Waals surface area (Å²) in [6.45, 7) is 11.3. The first-order valence-corrected chi connectivity index (χ1v) is 11.5. The normalized spacial score (nSPS) is 14.1. The monoisotopic (exact) mass is 479 g/mol. The van der Waals surface area contributed by atoms with Gasteiger partial charge < -0.3 is 15.5 Å². The lowest BCUT2D eigenvalue weighted by atomic mass is 9.96. The van der Waals surface area contributed by atoms with Gasteiger partial charge in [0.05, 0.1) is 6.04 Å². The maximum atomic E-state index is 13.6. The van der Waals surface area contributed by atoms with E-state index in [-0.39, 0.29) is 17.7 Å². The molecular formula is C26H29F2N7. The molecule has 0 radical (unpaired) electrons. The first-order chi connectivity index (χ1) is 17.1. The zero-order chi connectivity index (χ0) is 24.6. The predicted octanol–water partition coefficient (Wildman–Crippen LogP) is 4.26. The molecule has 0 saturated carbocycles. The predicted molar refractivity (Wildman–Crippen MR) is 136 cm³/mol. The third-order valence-electron chi connectivity index (χ3n) is 5.77. The van der Waals surface area contributed by atoms with Crippen molar-refractivity contribution in [3.63, 3.8) is 0 Å². The van der Waals surface area contributed by atoms with Crippen LogP contribution in [0.2, 0.25) is 0 Å². The fraction of sp³-hybridized carbons (Fsp3) is 0.269. The number of nitrogens with zero attached hydrogens (tertiary/aromatic N) is 5. The van der Waals surface area contributed by atoms with E-state index in [1.807, 2.05) is 0 Å². The number of piperazine rings is 1. The Morgan fingerprint density at radius 2 is 1.20 bits per heavy atom. The molecule has 1 aliphatic rings. The highest BCUT2D eigenvalue weighted by atomic mass is 19.1. The van der Waals surface area contributed by atoms with E-state index >= 15 is 0 Å². The van der Waals surface area contributed by atoms with Gasteiger partial charge in [0.2, 0.25) is 17.8 Å². The first kappa shape index (κ1) is 24.3. The quantitative estimate of drug-likeness (QED) is 0.333. The Morgan fingerprint density at radius 1 is 0.743 bits per heavy atom. The van der Waals surface area contributed by atoms with Crippen molar-refractivity contribution in [1.82, 2.24) is 19.9 Å². The third-order valence-corrected chi connectivity index (χ3v) is 5.77. The van der Waals surface area contributed by atoms with Gasteiger partial charge in [-0.15, -0.1) is 13.2 Å². The molecule has 182 valence electrons. The second-order valence-electron chi connectivity index (χ2n) is 8.15. The topological polar surface area (TPSA) is 69.2 Å². The van der Waals surface area contributed by atoms with E-state index in [0.29, 0.717) is 44.0 Å². The molecule has 35 heavy (non-hydrogen) atoms. The SMILES string of the molecule is C=CCNc1nc(NCC=C)n[13c]([15N]2CCN(C(c3ccc(F)cc3)c3ccc(F)cc3)CC2)n1. The zero-order valence-electron chi connectivity index (χ0n) is 19.5. The molecule has 4 rings (SSSR count). The molecule has 2 heterocycles. The van der Waals surface area contributed by atoms with Crippen molar-refractivity contribution in [3.05, 3.63) is 96.6 Å². The average molecular weight is 480 g/mol. The van der Waals surface area contributed by atoms with E-state index in [1.165, 1.54) is 24.3 Å². The molecule has 9 heteroatoms. The second-order valence-corrected chi connectivity index (χ2v) is 8.15. The Labute approximate surface area is 204 Å². The van der Waals surface area contributed by atoms with Gasteiger partial charge in [0.15, 0.2) is 0 Å². The Hall–Kier alpha value is -3.85. The van der Waals surface area contributed by atoms with Crippen LogP contribution in [0.15, 0.2) is 73.8 Å². The number of rotatable bonds is 10. The molecule has 1 aromatic heterocycles. The van der Waals surface area contributed by atoms with Crippen LogP contribution in [0.3, 0.4) is 0 Å². The summed E-state index contributed by atoms with van der Waals surface area (Å²) in [5.74, 6) is 0.956. The average Bonchev–Trinajstić information content (AvgIpc) is 2.89. The first-order valence-electron chi connectivity index (χ1n) is 11.5. The lowest BCUT2D eigenvalue weighted by Crippen LogP contribution is -2.48. The summed E-state index contributed by atoms with van der Waals surface area (Å²) in [5, 5.41) is 6.25. The lowest BCUT2D eigenvalue weighted by molar-refractivity contribution is 0.211. The van der Waals surface area contributed by atoms with E-state index in [2.05, 4.69) is 48.5 Å². The van der Waals surface area contributed by atoms with Crippen LogP contribution >= 0.6 is 0 Å². The minimum Gasteiger partial charge on any atom is -0.351 e. The molecule has 0 unspecified atom stereocenters. The molecule has 0 bridgehead atoms. The van der Waals surface area contributed by atoms with Gasteiger partial charge in [0.25, 0.3) is 0 Å². The molecule has 1 aliphatic heterocycles. The van der Waals surface area contributed by atoms with E-state index in [0.717, 1.165) is 24.2 Å². The molecule has 1 fully saturated rings. The van der Waals surface area contributed by atoms with Crippen molar-refractivity contribution in [1.29, 1.82) is 0 Å². The fourth-order valence-electron chi connectivity index (χ4n) is 4.08. The van der Waals surface area contributed by atoms with Crippen LogP contribution in [0.25, 0.3) is 0 Å². The maximum absolute atomic E-state index is 13.6. The van der Waals surface area contributed by atoms with Gasteiger partial charge in [-0.3, -0.25) is 4.90 Å². The molecule has 2 N–H and O–H groups in total. The van der Waals surface area contributed by atoms with Crippen molar-refractivity contribution in [2.45, 2.75) is 6.04 Å². The molecule has 3 aromatic rings. The van der Waals surface area contributed by atoms with Crippen molar-refractivity contribution in [2.24, 2.45) is 0 Å². The summed E-state index contributed by atoms with van der Waals surface area (Å²) in [5.41, 5.74) is 1.91. The number of aromatic nitrogens is 3.